The lowest BCUT2D eigenvalue weighted by atomic mass is 9.88. The molecule has 1 aromatic carbocycles. The number of rotatable bonds is 5. The molecule has 3 aliphatic rings. The predicted octanol–water partition coefficient (Wildman–Crippen LogP) is 4.26. The van der Waals surface area contributed by atoms with Crippen LogP contribution in [0.15, 0.2) is 24.3 Å². The van der Waals surface area contributed by atoms with Crippen molar-refractivity contribution in [2.24, 2.45) is 0 Å². The van der Waals surface area contributed by atoms with Gasteiger partial charge in [0.15, 0.2) is 0 Å². The third-order valence-electron chi connectivity index (χ3n) is 7.42. The van der Waals surface area contributed by atoms with Crippen LogP contribution in [0.25, 0.3) is 0 Å². The van der Waals surface area contributed by atoms with Gasteiger partial charge in [0.25, 0.3) is 5.91 Å². The molecule has 168 valence electrons. The zero-order chi connectivity index (χ0) is 22.0. The van der Waals surface area contributed by atoms with Crippen LogP contribution in [0.5, 0.6) is 0 Å². The number of urea groups is 1. The molecule has 0 bridgehead atoms. The molecule has 31 heavy (non-hydrogen) atoms. The van der Waals surface area contributed by atoms with Crippen LogP contribution in [0.4, 0.5) is 4.79 Å². The summed E-state index contributed by atoms with van der Waals surface area (Å²) in [5, 5.41) is 2.84. The van der Waals surface area contributed by atoms with Crippen LogP contribution >= 0.6 is 0 Å². The van der Waals surface area contributed by atoms with Gasteiger partial charge in [0.05, 0.1) is 0 Å². The second kappa shape index (κ2) is 9.01. The summed E-state index contributed by atoms with van der Waals surface area (Å²) in [6.45, 7) is 3.54. The standard InChI is InChI=1S/C25H35N3O3/c1-18-13-15-19(16-14-18)25(2)23(30)27(24(31)26-25)17-22(29)28(20-9-5-3-6-10-20)21-11-7-4-8-12-21/h13-16,20-21H,3-12,17H2,1-2H3,(H,26,31). The molecule has 1 heterocycles. The third kappa shape index (κ3) is 4.35. The van der Waals surface area contributed by atoms with Crippen LogP contribution in [-0.2, 0) is 15.1 Å². The van der Waals surface area contributed by atoms with Crippen molar-refractivity contribution in [3.05, 3.63) is 35.4 Å². The lowest BCUT2D eigenvalue weighted by Gasteiger charge is -2.42. The summed E-state index contributed by atoms with van der Waals surface area (Å²) in [7, 11) is 0. The van der Waals surface area contributed by atoms with Crippen LogP contribution < -0.4 is 5.32 Å². The molecule has 2 aliphatic carbocycles. The highest BCUT2D eigenvalue weighted by Crippen LogP contribution is 2.32. The number of hydrogen-bond donors (Lipinski definition) is 1. The van der Waals surface area contributed by atoms with Crippen molar-refractivity contribution in [2.45, 2.75) is 95.7 Å². The van der Waals surface area contributed by atoms with E-state index in [-0.39, 0.29) is 30.4 Å². The van der Waals surface area contributed by atoms with Crippen molar-refractivity contribution in [1.29, 1.82) is 0 Å². The molecule has 0 radical (unpaired) electrons. The second-order valence-corrected chi connectivity index (χ2v) is 9.70. The number of benzene rings is 1. The lowest BCUT2D eigenvalue weighted by Crippen LogP contribution is -2.53. The highest BCUT2D eigenvalue weighted by molar-refractivity contribution is 6.09. The number of amides is 4. The van der Waals surface area contributed by atoms with Crippen LogP contribution in [0, 0.1) is 6.92 Å². The Morgan fingerprint density at radius 1 is 0.968 bits per heavy atom. The van der Waals surface area contributed by atoms with Gasteiger partial charge in [-0.3, -0.25) is 14.5 Å². The van der Waals surface area contributed by atoms with E-state index in [0.717, 1.165) is 67.4 Å². The Kier molecular flexibility index (Phi) is 6.35. The van der Waals surface area contributed by atoms with E-state index in [4.69, 9.17) is 0 Å². The minimum Gasteiger partial charge on any atom is -0.335 e. The first kappa shape index (κ1) is 21.8. The van der Waals surface area contributed by atoms with Crippen molar-refractivity contribution in [2.75, 3.05) is 6.54 Å². The van der Waals surface area contributed by atoms with E-state index in [1.807, 2.05) is 31.2 Å². The molecular weight excluding hydrogens is 390 g/mol. The summed E-state index contributed by atoms with van der Waals surface area (Å²) in [5.74, 6) is -0.419. The van der Waals surface area contributed by atoms with Crippen LogP contribution in [0.1, 0.15) is 82.3 Å². The van der Waals surface area contributed by atoms with Gasteiger partial charge in [0.1, 0.15) is 12.1 Å². The van der Waals surface area contributed by atoms with E-state index in [0.29, 0.717) is 0 Å². The van der Waals surface area contributed by atoms with E-state index in [2.05, 4.69) is 10.2 Å². The number of nitrogens with one attached hydrogen (secondary N) is 1. The molecular formula is C25H35N3O3. The molecule has 3 fully saturated rings. The average Bonchev–Trinajstić information content (AvgIpc) is 3.00. The SMILES string of the molecule is Cc1ccc(C2(C)NC(=O)N(CC(=O)N(C3CCCCC3)C3CCCCC3)C2=O)cc1. The molecule has 1 saturated heterocycles. The van der Waals surface area contributed by atoms with E-state index in [1.54, 1.807) is 6.92 Å². The van der Waals surface area contributed by atoms with Gasteiger partial charge in [-0.15, -0.1) is 0 Å². The molecule has 4 rings (SSSR count). The normalized spacial score (nSPS) is 25.5. The van der Waals surface area contributed by atoms with E-state index in [1.165, 1.54) is 12.8 Å². The number of aryl methyl sites for hydroxylation is 1. The van der Waals surface area contributed by atoms with Gasteiger partial charge in [-0.05, 0) is 45.1 Å². The lowest BCUT2D eigenvalue weighted by molar-refractivity contribution is -0.143. The average molecular weight is 426 g/mol. The molecule has 1 unspecified atom stereocenters. The molecule has 1 N–H and O–H groups in total. The van der Waals surface area contributed by atoms with Crippen LogP contribution in [0.2, 0.25) is 0 Å². The first-order valence-electron chi connectivity index (χ1n) is 11.9. The predicted molar refractivity (Wildman–Crippen MR) is 119 cm³/mol. The summed E-state index contributed by atoms with van der Waals surface area (Å²) in [6.07, 6.45) is 11.2. The maximum Gasteiger partial charge on any atom is 0.325 e. The Hall–Kier alpha value is -2.37. The Bertz CT molecular complexity index is 807. The largest absolute Gasteiger partial charge is 0.335 e. The number of imide groups is 1. The summed E-state index contributed by atoms with van der Waals surface area (Å²) in [5.41, 5.74) is 0.695. The van der Waals surface area contributed by atoms with E-state index in [9.17, 15) is 14.4 Å². The number of nitrogens with zero attached hydrogens (tertiary/aromatic N) is 2. The molecule has 0 aromatic heterocycles. The van der Waals surface area contributed by atoms with Gasteiger partial charge in [-0.2, -0.15) is 0 Å². The van der Waals surface area contributed by atoms with Crippen molar-refractivity contribution in [3.63, 3.8) is 0 Å². The number of hydrogen-bond acceptors (Lipinski definition) is 3. The summed E-state index contributed by atoms with van der Waals surface area (Å²) in [6, 6.07) is 7.62. The second-order valence-electron chi connectivity index (χ2n) is 9.70. The molecule has 6 nitrogen and oxygen atoms in total. The van der Waals surface area contributed by atoms with Gasteiger partial charge in [0, 0.05) is 12.1 Å². The fourth-order valence-corrected chi connectivity index (χ4v) is 5.56. The van der Waals surface area contributed by atoms with Crippen LogP contribution in [0.3, 0.4) is 0 Å². The molecule has 1 aromatic rings. The van der Waals surface area contributed by atoms with Gasteiger partial charge < -0.3 is 10.2 Å². The fraction of sp³-hybridized carbons (Fsp3) is 0.640. The maximum atomic E-state index is 13.5. The topological polar surface area (TPSA) is 69.7 Å². The smallest absolute Gasteiger partial charge is 0.325 e. The Morgan fingerprint density at radius 2 is 1.48 bits per heavy atom. The quantitative estimate of drug-likeness (QED) is 0.717. The summed E-state index contributed by atoms with van der Waals surface area (Å²) in [4.78, 5) is 42.8. The zero-order valence-corrected chi connectivity index (χ0v) is 18.9. The van der Waals surface area contributed by atoms with Crippen molar-refractivity contribution in [3.8, 4) is 0 Å². The van der Waals surface area contributed by atoms with Gasteiger partial charge >= 0.3 is 6.03 Å². The number of carbonyl (C=O) groups excluding carboxylic acids is 3. The summed E-state index contributed by atoms with van der Waals surface area (Å²) >= 11 is 0. The highest BCUT2D eigenvalue weighted by atomic mass is 16.2. The van der Waals surface area contributed by atoms with Gasteiger partial charge in [0.2, 0.25) is 5.91 Å². The monoisotopic (exact) mass is 425 g/mol. The molecule has 4 amide bonds. The summed E-state index contributed by atoms with van der Waals surface area (Å²) < 4.78 is 0. The molecule has 1 aliphatic heterocycles. The molecule has 6 heteroatoms. The number of carbonyl (C=O) groups is 3. The van der Waals surface area contributed by atoms with Crippen molar-refractivity contribution >= 4 is 17.8 Å². The zero-order valence-electron chi connectivity index (χ0n) is 18.9. The Morgan fingerprint density at radius 3 is 2.00 bits per heavy atom. The van der Waals surface area contributed by atoms with Crippen molar-refractivity contribution in [1.82, 2.24) is 15.1 Å². The first-order chi connectivity index (χ1) is 14.9. The van der Waals surface area contributed by atoms with E-state index >= 15 is 0 Å². The van der Waals surface area contributed by atoms with Crippen LogP contribution in [-0.4, -0.2) is 46.3 Å². The van der Waals surface area contributed by atoms with E-state index < -0.39 is 11.6 Å². The maximum absolute atomic E-state index is 13.5. The fourth-order valence-electron chi connectivity index (χ4n) is 5.56. The van der Waals surface area contributed by atoms with Gasteiger partial charge in [-0.25, -0.2) is 4.79 Å². The van der Waals surface area contributed by atoms with Gasteiger partial charge in [-0.1, -0.05) is 68.4 Å². The highest BCUT2D eigenvalue weighted by Gasteiger charge is 2.50. The van der Waals surface area contributed by atoms with Crippen molar-refractivity contribution < 1.29 is 14.4 Å². The molecule has 0 spiro atoms. The third-order valence-corrected chi connectivity index (χ3v) is 7.42. The Balaban J connectivity index is 1.53. The first-order valence-corrected chi connectivity index (χ1v) is 11.9. The molecule has 2 saturated carbocycles. The Labute approximate surface area is 185 Å². The minimum atomic E-state index is -1.13. The minimum absolute atomic E-state index is 0.0737. The molecule has 1 atom stereocenters.